The number of nitrogens with zero attached hydrogens (tertiary/aromatic N) is 3. The summed E-state index contributed by atoms with van der Waals surface area (Å²) in [6.07, 6.45) is 1.86. The molecule has 39 heavy (non-hydrogen) atoms. The quantitative estimate of drug-likeness (QED) is 0.189. The van der Waals surface area contributed by atoms with Crippen LogP contribution in [0.5, 0.6) is 11.5 Å². The minimum absolute atomic E-state index is 0.0851. The Morgan fingerprint density at radius 3 is 2.56 bits per heavy atom. The van der Waals surface area contributed by atoms with Crippen molar-refractivity contribution in [2.75, 3.05) is 13.2 Å². The highest BCUT2D eigenvalue weighted by Crippen LogP contribution is 2.37. The van der Waals surface area contributed by atoms with Crippen LogP contribution >= 0.6 is 34.7 Å². The number of thiazole rings is 1. The van der Waals surface area contributed by atoms with E-state index in [1.807, 2.05) is 98.1 Å². The fourth-order valence-corrected chi connectivity index (χ4v) is 5.92. The summed E-state index contributed by atoms with van der Waals surface area (Å²) >= 11 is 9.07. The minimum atomic E-state index is -0.0851. The van der Waals surface area contributed by atoms with Crippen LogP contribution in [0.15, 0.2) is 88.1 Å². The van der Waals surface area contributed by atoms with Crippen LogP contribution in [-0.4, -0.2) is 34.1 Å². The third kappa shape index (κ3) is 6.36. The van der Waals surface area contributed by atoms with Crippen molar-refractivity contribution in [1.82, 2.24) is 9.88 Å². The van der Waals surface area contributed by atoms with Gasteiger partial charge in [0.05, 0.1) is 17.2 Å². The Morgan fingerprint density at radius 2 is 1.79 bits per heavy atom. The molecule has 1 fully saturated rings. The summed E-state index contributed by atoms with van der Waals surface area (Å²) in [4.78, 5) is 24.8. The molecule has 1 saturated heterocycles. The van der Waals surface area contributed by atoms with Crippen LogP contribution < -0.4 is 9.47 Å². The van der Waals surface area contributed by atoms with E-state index in [1.54, 1.807) is 4.90 Å². The summed E-state index contributed by atoms with van der Waals surface area (Å²) in [7, 11) is 0. The normalized spacial score (nSPS) is 15.4. The first-order valence-corrected chi connectivity index (χ1v) is 14.6. The lowest BCUT2D eigenvalue weighted by atomic mass is 10.1. The van der Waals surface area contributed by atoms with Gasteiger partial charge in [0.1, 0.15) is 6.61 Å². The summed E-state index contributed by atoms with van der Waals surface area (Å²) in [5, 5.41) is 3.86. The van der Waals surface area contributed by atoms with E-state index in [-0.39, 0.29) is 5.91 Å². The fraction of sp³-hybridized carbons (Fsp3) is 0.167. The van der Waals surface area contributed by atoms with Crippen molar-refractivity contribution in [3.05, 3.63) is 99.2 Å². The molecule has 4 aromatic rings. The molecule has 0 atom stereocenters. The highest BCUT2D eigenvalue weighted by atomic mass is 35.5. The largest absolute Gasteiger partial charge is 0.490 e. The van der Waals surface area contributed by atoms with E-state index in [0.29, 0.717) is 51.5 Å². The SMILES string of the molecule is CCOc1cc(/C=C2\S/C(=N/c3nc(-c4ccccc4)cs3)N(CC)C2=O)ccc1OCc1ccccc1Cl. The van der Waals surface area contributed by atoms with Gasteiger partial charge in [0.15, 0.2) is 16.7 Å². The number of hydrogen-bond donors (Lipinski definition) is 0. The predicted octanol–water partition coefficient (Wildman–Crippen LogP) is 8.07. The van der Waals surface area contributed by atoms with Crippen LogP contribution in [0.2, 0.25) is 5.02 Å². The lowest BCUT2D eigenvalue weighted by Gasteiger charge is -2.13. The van der Waals surface area contributed by atoms with E-state index in [1.165, 1.54) is 23.1 Å². The first-order chi connectivity index (χ1) is 19.1. The fourth-order valence-electron chi connectivity index (χ4n) is 3.93. The molecule has 6 nitrogen and oxygen atoms in total. The van der Waals surface area contributed by atoms with Crippen molar-refractivity contribution in [3.63, 3.8) is 0 Å². The van der Waals surface area contributed by atoms with Gasteiger partial charge in [0, 0.05) is 28.1 Å². The van der Waals surface area contributed by atoms with E-state index >= 15 is 0 Å². The number of carbonyl (C=O) groups is 1. The van der Waals surface area contributed by atoms with Crippen LogP contribution in [0.4, 0.5) is 5.13 Å². The zero-order chi connectivity index (χ0) is 27.2. The molecule has 1 aliphatic rings. The molecule has 0 N–H and O–H groups in total. The molecule has 0 radical (unpaired) electrons. The number of likely N-dealkylation sites (N-methyl/N-ethyl adjacent to an activating group) is 1. The number of carbonyl (C=O) groups excluding carboxylic acids is 1. The Balaban J connectivity index is 1.36. The first-order valence-electron chi connectivity index (χ1n) is 12.5. The lowest BCUT2D eigenvalue weighted by Crippen LogP contribution is -2.28. The average Bonchev–Trinajstić information content (AvgIpc) is 3.53. The zero-order valence-electron chi connectivity index (χ0n) is 21.5. The number of amidine groups is 1. The minimum Gasteiger partial charge on any atom is -0.490 e. The van der Waals surface area contributed by atoms with Gasteiger partial charge in [-0.3, -0.25) is 9.69 Å². The third-order valence-electron chi connectivity index (χ3n) is 5.86. The van der Waals surface area contributed by atoms with Gasteiger partial charge < -0.3 is 9.47 Å². The van der Waals surface area contributed by atoms with Crippen LogP contribution in [0.25, 0.3) is 17.3 Å². The molecule has 0 unspecified atom stereocenters. The van der Waals surface area contributed by atoms with Gasteiger partial charge in [-0.2, -0.15) is 4.99 Å². The van der Waals surface area contributed by atoms with E-state index < -0.39 is 0 Å². The van der Waals surface area contributed by atoms with Crippen LogP contribution in [0.3, 0.4) is 0 Å². The van der Waals surface area contributed by atoms with Crippen molar-refractivity contribution in [3.8, 4) is 22.8 Å². The molecular weight excluding hydrogens is 550 g/mol. The Labute approximate surface area is 241 Å². The van der Waals surface area contributed by atoms with Gasteiger partial charge in [-0.1, -0.05) is 66.2 Å². The number of benzene rings is 3. The Kier molecular flexibility index (Phi) is 8.66. The van der Waals surface area contributed by atoms with Crippen LogP contribution in [-0.2, 0) is 11.4 Å². The van der Waals surface area contributed by atoms with Crippen molar-refractivity contribution in [2.24, 2.45) is 4.99 Å². The van der Waals surface area contributed by atoms with Crippen molar-refractivity contribution >= 4 is 57.0 Å². The summed E-state index contributed by atoms with van der Waals surface area (Å²) in [6, 6.07) is 23.2. The van der Waals surface area contributed by atoms with E-state index in [4.69, 9.17) is 26.1 Å². The van der Waals surface area contributed by atoms with Gasteiger partial charge in [0.2, 0.25) is 5.13 Å². The second-order valence-corrected chi connectivity index (χ2v) is 10.7. The van der Waals surface area contributed by atoms with Crippen molar-refractivity contribution in [1.29, 1.82) is 0 Å². The molecule has 1 amide bonds. The van der Waals surface area contributed by atoms with Crippen LogP contribution in [0, 0.1) is 0 Å². The number of ether oxygens (including phenoxy) is 2. The van der Waals surface area contributed by atoms with E-state index in [2.05, 4.69) is 4.98 Å². The maximum Gasteiger partial charge on any atom is 0.266 e. The predicted molar refractivity (Wildman–Crippen MR) is 161 cm³/mol. The molecule has 1 aromatic heterocycles. The lowest BCUT2D eigenvalue weighted by molar-refractivity contribution is -0.122. The van der Waals surface area contributed by atoms with Crippen LogP contribution in [0.1, 0.15) is 25.0 Å². The topological polar surface area (TPSA) is 64.0 Å². The highest BCUT2D eigenvalue weighted by Gasteiger charge is 2.32. The van der Waals surface area contributed by atoms with E-state index in [9.17, 15) is 4.79 Å². The second kappa shape index (κ2) is 12.5. The zero-order valence-corrected chi connectivity index (χ0v) is 23.9. The van der Waals surface area contributed by atoms with Crippen molar-refractivity contribution < 1.29 is 14.3 Å². The monoisotopic (exact) mass is 575 g/mol. The number of thioether (sulfide) groups is 1. The summed E-state index contributed by atoms with van der Waals surface area (Å²) in [5.41, 5.74) is 3.63. The molecule has 0 bridgehead atoms. The number of rotatable bonds is 9. The molecule has 198 valence electrons. The van der Waals surface area contributed by atoms with Gasteiger partial charge in [-0.25, -0.2) is 4.98 Å². The molecule has 3 aromatic carbocycles. The standard InChI is InChI=1S/C30H26ClN3O3S2/c1-3-34-28(35)27(39-30(34)33-29-32-24(19-38-29)21-10-6-5-7-11-21)17-20-14-15-25(26(16-20)36-4-2)37-18-22-12-8-9-13-23(22)31/h5-17,19H,3-4,18H2,1-2H3/b27-17-,33-30+. The van der Waals surface area contributed by atoms with Gasteiger partial charge in [-0.15, -0.1) is 11.3 Å². The smallest absolute Gasteiger partial charge is 0.266 e. The van der Waals surface area contributed by atoms with E-state index in [0.717, 1.165) is 22.4 Å². The molecule has 5 rings (SSSR count). The Hall–Kier alpha value is -3.59. The maximum atomic E-state index is 13.2. The summed E-state index contributed by atoms with van der Waals surface area (Å²) in [6.45, 7) is 5.17. The molecule has 0 aliphatic carbocycles. The van der Waals surface area contributed by atoms with Gasteiger partial charge >= 0.3 is 0 Å². The Bertz CT molecular complexity index is 1540. The molecule has 0 saturated carbocycles. The van der Waals surface area contributed by atoms with Gasteiger partial charge in [-0.05, 0) is 55.4 Å². The van der Waals surface area contributed by atoms with Crippen molar-refractivity contribution in [2.45, 2.75) is 20.5 Å². The highest BCUT2D eigenvalue weighted by molar-refractivity contribution is 8.18. The number of aromatic nitrogens is 1. The number of halogens is 1. The third-order valence-corrected chi connectivity index (χ3v) is 7.97. The van der Waals surface area contributed by atoms with Gasteiger partial charge in [0.25, 0.3) is 5.91 Å². The average molecular weight is 576 g/mol. The molecule has 9 heteroatoms. The first kappa shape index (κ1) is 27.0. The summed E-state index contributed by atoms with van der Waals surface area (Å²) in [5.74, 6) is 1.13. The molecule has 0 spiro atoms. The number of amides is 1. The maximum absolute atomic E-state index is 13.2. The number of hydrogen-bond acceptors (Lipinski definition) is 7. The number of aliphatic imine (C=N–C) groups is 1. The second-order valence-electron chi connectivity index (χ2n) is 8.46. The Morgan fingerprint density at radius 1 is 1.00 bits per heavy atom. The molecular formula is C30H26ClN3O3S2. The molecule has 1 aliphatic heterocycles. The molecule has 2 heterocycles. The summed E-state index contributed by atoms with van der Waals surface area (Å²) < 4.78 is 11.9.